The highest BCUT2D eigenvalue weighted by Crippen LogP contribution is 2.49. The number of benzene rings is 1. The zero-order valence-corrected chi connectivity index (χ0v) is 15.7. The van der Waals surface area contributed by atoms with Gasteiger partial charge in [0.2, 0.25) is 5.91 Å². The van der Waals surface area contributed by atoms with E-state index in [-0.39, 0.29) is 11.8 Å². The molecule has 2 amide bonds. The Morgan fingerprint density at radius 1 is 1.08 bits per heavy atom. The number of hydrogen-bond acceptors (Lipinski definition) is 2. The Bertz CT molecular complexity index is 623. The molecule has 2 aliphatic carbocycles. The van der Waals surface area contributed by atoms with Gasteiger partial charge in [0.15, 0.2) is 0 Å². The average Bonchev–Trinajstić information content (AvgIpc) is 3.22. The van der Waals surface area contributed by atoms with E-state index in [2.05, 4.69) is 0 Å². The number of rotatable bonds is 6. The summed E-state index contributed by atoms with van der Waals surface area (Å²) in [6.07, 6.45) is 6.04. The maximum absolute atomic E-state index is 12.7. The van der Waals surface area contributed by atoms with E-state index in [0.29, 0.717) is 24.4 Å². The van der Waals surface area contributed by atoms with Crippen molar-refractivity contribution in [2.24, 2.45) is 17.8 Å². The molecule has 25 heavy (non-hydrogen) atoms. The van der Waals surface area contributed by atoms with E-state index in [4.69, 9.17) is 0 Å². The van der Waals surface area contributed by atoms with Crippen LogP contribution in [0.1, 0.15) is 54.9 Å². The van der Waals surface area contributed by atoms with E-state index in [9.17, 15) is 9.59 Å². The van der Waals surface area contributed by atoms with Crippen LogP contribution in [0.15, 0.2) is 24.3 Å². The molecular formula is C21H30N2O2. The van der Waals surface area contributed by atoms with Gasteiger partial charge in [-0.15, -0.1) is 0 Å². The fourth-order valence-electron chi connectivity index (χ4n) is 4.59. The predicted octanol–water partition coefficient (Wildman–Crippen LogP) is 3.56. The van der Waals surface area contributed by atoms with Crippen LogP contribution in [0.3, 0.4) is 0 Å². The molecule has 0 N–H and O–H groups in total. The van der Waals surface area contributed by atoms with Crippen LogP contribution in [0, 0.1) is 17.8 Å². The van der Waals surface area contributed by atoms with E-state index < -0.39 is 0 Å². The summed E-state index contributed by atoms with van der Waals surface area (Å²) in [5, 5.41) is 0. The zero-order valence-electron chi connectivity index (χ0n) is 15.7. The first-order valence-corrected chi connectivity index (χ1v) is 9.56. The Labute approximate surface area is 151 Å². The maximum atomic E-state index is 12.7. The Hall–Kier alpha value is -1.84. The Morgan fingerprint density at radius 2 is 1.80 bits per heavy atom. The normalized spacial score (nSPS) is 24.4. The quantitative estimate of drug-likeness (QED) is 0.793. The van der Waals surface area contributed by atoms with Crippen molar-refractivity contribution in [1.82, 2.24) is 9.80 Å². The van der Waals surface area contributed by atoms with Crippen LogP contribution in [-0.2, 0) is 11.3 Å². The van der Waals surface area contributed by atoms with Gasteiger partial charge < -0.3 is 9.80 Å². The SMILES string of the molecule is CCN(Cc1ccc(C(=O)N(C)C)cc1)C(=O)CC1CC2CCC1C2. The largest absolute Gasteiger partial charge is 0.345 e. The van der Waals surface area contributed by atoms with Crippen molar-refractivity contribution in [2.45, 2.75) is 45.6 Å². The van der Waals surface area contributed by atoms with Gasteiger partial charge in [0, 0.05) is 39.2 Å². The molecule has 2 fully saturated rings. The lowest BCUT2D eigenvalue weighted by atomic mass is 9.86. The predicted molar refractivity (Wildman–Crippen MR) is 99.1 cm³/mol. The van der Waals surface area contributed by atoms with E-state index in [0.717, 1.165) is 23.9 Å². The second-order valence-corrected chi connectivity index (χ2v) is 7.94. The topological polar surface area (TPSA) is 40.6 Å². The molecule has 136 valence electrons. The molecule has 3 unspecified atom stereocenters. The van der Waals surface area contributed by atoms with E-state index in [1.165, 1.54) is 25.7 Å². The third kappa shape index (κ3) is 4.05. The molecule has 2 bridgehead atoms. The van der Waals surface area contributed by atoms with Crippen molar-refractivity contribution >= 4 is 11.8 Å². The van der Waals surface area contributed by atoms with Gasteiger partial charge in [-0.3, -0.25) is 9.59 Å². The van der Waals surface area contributed by atoms with Gasteiger partial charge in [-0.25, -0.2) is 0 Å². The summed E-state index contributed by atoms with van der Waals surface area (Å²) in [5.74, 6) is 2.59. The number of amides is 2. The fourth-order valence-corrected chi connectivity index (χ4v) is 4.59. The summed E-state index contributed by atoms with van der Waals surface area (Å²) in [7, 11) is 3.51. The highest BCUT2D eigenvalue weighted by Gasteiger charge is 2.40. The second-order valence-electron chi connectivity index (χ2n) is 7.94. The number of nitrogens with zero attached hydrogens (tertiary/aromatic N) is 2. The third-order valence-corrected chi connectivity index (χ3v) is 6.04. The van der Waals surface area contributed by atoms with E-state index in [1.54, 1.807) is 19.0 Å². The smallest absolute Gasteiger partial charge is 0.253 e. The summed E-state index contributed by atoms with van der Waals surface area (Å²) in [6, 6.07) is 7.63. The van der Waals surface area contributed by atoms with Gasteiger partial charge in [-0.1, -0.05) is 18.6 Å². The van der Waals surface area contributed by atoms with Crippen LogP contribution < -0.4 is 0 Å². The van der Waals surface area contributed by atoms with Gasteiger partial charge >= 0.3 is 0 Å². The van der Waals surface area contributed by atoms with Gasteiger partial charge in [0.25, 0.3) is 5.91 Å². The van der Waals surface area contributed by atoms with Gasteiger partial charge in [0.1, 0.15) is 0 Å². The molecule has 4 nitrogen and oxygen atoms in total. The van der Waals surface area contributed by atoms with Crippen LogP contribution in [-0.4, -0.2) is 42.3 Å². The molecule has 0 heterocycles. The molecule has 4 heteroatoms. The molecule has 0 saturated heterocycles. The average molecular weight is 342 g/mol. The standard InChI is InChI=1S/C21H30N2O2/c1-4-23(20(24)13-19-12-16-7-10-18(19)11-16)14-15-5-8-17(9-6-15)21(25)22(2)3/h5-6,8-9,16,18-19H,4,7,10-14H2,1-3H3. The van der Waals surface area contributed by atoms with Gasteiger partial charge in [-0.2, -0.15) is 0 Å². The lowest BCUT2D eigenvalue weighted by Crippen LogP contribution is -2.32. The molecule has 1 aromatic rings. The molecule has 1 aromatic carbocycles. The van der Waals surface area contributed by atoms with Crippen LogP contribution >= 0.6 is 0 Å². The summed E-state index contributed by atoms with van der Waals surface area (Å²) >= 11 is 0. The first-order valence-electron chi connectivity index (χ1n) is 9.56. The highest BCUT2D eigenvalue weighted by atomic mass is 16.2. The lowest BCUT2D eigenvalue weighted by molar-refractivity contribution is -0.133. The summed E-state index contributed by atoms with van der Waals surface area (Å²) < 4.78 is 0. The monoisotopic (exact) mass is 342 g/mol. The number of carbonyl (C=O) groups is 2. The van der Waals surface area contributed by atoms with Crippen molar-refractivity contribution in [1.29, 1.82) is 0 Å². The summed E-state index contributed by atoms with van der Waals surface area (Å²) in [6.45, 7) is 3.41. The first kappa shape index (κ1) is 18.0. The minimum atomic E-state index is 0.00580. The minimum Gasteiger partial charge on any atom is -0.345 e. The molecule has 2 aliphatic rings. The first-order chi connectivity index (χ1) is 12.0. The van der Waals surface area contributed by atoms with Crippen molar-refractivity contribution in [3.8, 4) is 0 Å². The van der Waals surface area contributed by atoms with Crippen LogP contribution in [0.25, 0.3) is 0 Å². The van der Waals surface area contributed by atoms with Crippen LogP contribution in [0.5, 0.6) is 0 Å². The molecule has 2 saturated carbocycles. The number of hydrogen-bond donors (Lipinski definition) is 0. The molecule has 3 atom stereocenters. The summed E-state index contributed by atoms with van der Waals surface area (Å²) in [5.41, 5.74) is 1.77. The van der Waals surface area contributed by atoms with Crippen LogP contribution in [0.4, 0.5) is 0 Å². The zero-order chi connectivity index (χ0) is 18.0. The number of carbonyl (C=O) groups excluding carboxylic acids is 2. The Balaban J connectivity index is 1.58. The second kappa shape index (κ2) is 7.59. The Kier molecular flexibility index (Phi) is 5.45. The third-order valence-electron chi connectivity index (χ3n) is 6.04. The lowest BCUT2D eigenvalue weighted by Gasteiger charge is -2.26. The summed E-state index contributed by atoms with van der Waals surface area (Å²) in [4.78, 5) is 28.2. The minimum absolute atomic E-state index is 0.00580. The fraction of sp³-hybridized carbons (Fsp3) is 0.619. The van der Waals surface area contributed by atoms with Crippen molar-refractivity contribution in [3.05, 3.63) is 35.4 Å². The Morgan fingerprint density at radius 3 is 2.32 bits per heavy atom. The van der Waals surface area contributed by atoms with Crippen LogP contribution in [0.2, 0.25) is 0 Å². The molecular weight excluding hydrogens is 312 g/mol. The molecule has 3 rings (SSSR count). The maximum Gasteiger partial charge on any atom is 0.253 e. The van der Waals surface area contributed by atoms with Crippen molar-refractivity contribution in [3.63, 3.8) is 0 Å². The van der Waals surface area contributed by atoms with E-state index in [1.807, 2.05) is 36.1 Å². The van der Waals surface area contributed by atoms with Gasteiger partial charge in [0.05, 0.1) is 0 Å². The van der Waals surface area contributed by atoms with Gasteiger partial charge in [-0.05, 0) is 61.6 Å². The number of fused-ring (bicyclic) bond motifs is 2. The molecule has 0 spiro atoms. The molecule has 0 radical (unpaired) electrons. The molecule has 0 aromatic heterocycles. The van der Waals surface area contributed by atoms with Crippen molar-refractivity contribution in [2.75, 3.05) is 20.6 Å². The molecule has 0 aliphatic heterocycles. The van der Waals surface area contributed by atoms with Crippen molar-refractivity contribution < 1.29 is 9.59 Å². The highest BCUT2D eigenvalue weighted by molar-refractivity contribution is 5.93. The van der Waals surface area contributed by atoms with E-state index >= 15 is 0 Å².